The third-order valence-electron chi connectivity index (χ3n) is 5.93. The number of rotatable bonds is 2. The Hall–Kier alpha value is -3.09. The van der Waals surface area contributed by atoms with Crippen molar-refractivity contribution in [3.05, 3.63) is 47.5 Å². The summed E-state index contributed by atoms with van der Waals surface area (Å²) >= 11 is 0. The fourth-order valence-electron chi connectivity index (χ4n) is 4.38. The zero-order valence-electron chi connectivity index (χ0n) is 15.5. The maximum atomic E-state index is 6.16. The molecule has 0 saturated carbocycles. The highest BCUT2D eigenvalue weighted by atomic mass is 16.5. The summed E-state index contributed by atoms with van der Waals surface area (Å²) in [7, 11) is 1.68. The van der Waals surface area contributed by atoms with Crippen molar-refractivity contribution in [3.8, 4) is 22.9 Å². The fourth-order valence-corrected chi connectivity index (χ4v) is 4.38. The van der Waals surface area contributed by atoms with Gasteiger partial charge in [0, 0.05) is 28.1 Å². The van der Waals surface area contributed by atoms with Gasteiger partial charge in [-0.2, -0.15) is 5.21 Å². The van der Waals surface area contributed by atoms with Crippen molar-refractivity contribution in [3.63, 3.8) is 0 Å². The number of nitrogens with zero attached hydrogens (tertiary/aromatic N) is 3. The summed E-state index contributed by atoms with van der Waals surface area (Å²) in [4.78, 5) is 0. The van der Waals surface area contributed by atoms with Gasteiger partial charge >= 0.3 is 0 Å². The Morgan fingerprint density at radius 1 is 1.22 bits per heavy atom. The molecule has 2 aliphatic heterocycles. The van der Waals surface area contributed by atoms with Crippen LogP contribution in [0, 0.1) is 5.92 Å². The number of aromatic amines is 1. The van der Waals surface area contributed by atoms with Gasteiger partial charge in [0.15, 0.2) is 11.5 Å². The van der Waals surface area contributed by atoms with Crippen molar-refractivity contribution in [2.24, 2.45) is 5.92 Å². The molecule has 0 aliphatic carbocycles. The van der Waals surface area contributed by atoms with Crippen molar-refractivity contribution in [1.82, 2.24) is 20.6 Å². The van der Waals surface area contributed by atoms with E-state index in [0.717, 1.165) is 28.3 Å². The minimum Gasteiger partial charge on any atom is -0.493 e. The predicted octanol–water partition coefficient (Wildman–Crippen LogP) is 3.33. The van der Waals surface area contributed by atoms with Gasteiger partial charge in [-0.05, 0) is 35.0 Å². The zero-order valence-corrected chi connectivity index (χ0v) is 15.5. The molecule has 5 rings (SSSR count). The Labute approximate surface area is 157 Å². The van der Waals surface area contributed by atoms with Crippen molar-refractivity contribution in [1.29, 1.82) is 0 Å². The van der Waals surface area contributed by atoms with Gasteiger partial charge in [0.25, 0.3) is 0 Å². The highest BCUT2D eigenvalue weighted by molar-refractivity contribution is 5.68. The largest absolute Gasteiger partial charge is 0.493 e. The van der Waals surface area contributed by atoms with E-state index in [2.05, 4.69) is 58.0 Å². The van der Waals surface area contributed by atoms with Crippen molar-refractivity contribution in [2.75, 3.05) is 19.0 Å². The van der Waals surface area contributed by atoms with Gasteiger partial charge in [-0.15, -0.1) is 10.2 Å². The van der Waals surface area contributed by atoms with E-state index in [1.807, 2.05) is 18.2 Å². The molecule has 0 bridgehead atoms. The number of tetrazole rings is 1. The van der Waals surface area contributed by atoms with E-state index >= 15 is 0 Å². The minimum atomic E-state index is -0.0915. The maximum Gasteiger partial charge on any atom is 0.204 e. The molecule has 27 heavy (non-hydrogen) atoms. The first-order valence-corrected chi connectivity index (χ1v) is 9.04. The second-order valence-electron chi connectivity index (χ2n) is 7.64. The molecule has 0 saturated heterocycles. The molecule has 2 aromatic carbocycles. The first-order chi connectivity index (χ1) is 13.1. The van der Waals surface area contributed by atoms with Gasteiger partial charge in [0.05, 0.1) is 19.8 Å². The van der Waals surface area contributed by atoms with E-state index in [1.165, 1.54) is 5.56 Å². The molecule has 138 valence electrons. The Kier molecular flexibility index (Phi) is 3.40. The second kappa shape index (κ2) is 5.70. The average Bonchev–Trinajstić information content (AvgIpc) is 3.22. The first kappa shape index (κ1) is 16.1. The Balaban J connectivity index is 1.62. The number of benzene rings is 2. The van der Waals surface area contributed by atoms with E-state index < -0.39 is 0 Å². The summed E-state index contributed by atoms with van der Waals surface area (Å²) in [5.41, 5.74) is 4.37. The SMILES string of the molecule is COc1cccc2c1OCC1C2Nc2ccc(-c3nn[nH]n3)cc2C1(C)C. The zero-order chi connectivity index (χ0) is 18.6. The molecule has 7 heteroatoms. The normalized spacial score (nSPS) is 21.9. The third-order valence-corrected chi connectivity index (χ3v) is 5.93. The predicted molar refractivity (Wildman–Crippen MR) is 101 cm³/mol. The number of H-pyrrole nitrogens is 1. The quantitative estimate of drug-likeness (QED) is 0.726. The Morgan fingerprint density at radius 3 is 2.89 bits per heavy atom. The van der Waals surface area contributed by atoms with Gasteiger partial charge in [-0.25, -0.2) is 0 Å². The van der Waals surface area contributed by atoms with E-state index in [0.29, 0.717) is 12.4 Å². The van der Waals surface area contributed by atoms with Crippen molar-refractivity contribution < 1.29 is 9.47 Å². The highest BCUT2D eigenvalue weighted by Gasteiger charge is 2.47. The smallest absolute Gasteiger partial charge is 0.204 e. The Bertz CT molecular complexity index is 1000. The molecule has 0 spiro atoms. The number of para-hydroxylation sites is 1. The summed E-state index contributed by atoms with van der Waals surface area (Å²) < 4.78 is 11.7. The number of methoxy groups -OCH3 is 1. The maximum absolute atomic E-state index is 6.16. The van der Waals surface area contributed by atoms with Crippen molar-refractivity contribution in [2.45, 2.75) is 25.3 Å². The molecule has 3 aromatic rings. The summed E-state index contributed by atoms with van der Waals surface area (Å²) in [6, 6.07) is 12.5. The van der Waals surface area contributed by atoms with E-state index in [9.17, 15) is 0 Å². The Morgan fingerprint density at radius 2 is 2.11 bits per heavy atom. The molecule has 2 atom stereocenters. The van der Waals surface area contributed by atoms with Gasteiger partial charge in [0.2, 0.25) is 5.82 Å². The van der Waals surface area contributed by atoms with E-state index in [-0.39, 0.29) is 17.4 Å². The third kappa shape index (κ3) is 2.31. The molecule has 0 amide bonds. The molecular weight excluding hydrogens is 342 g/mol. The van der Waals surface area contributed by atoms with Crippen LogP contribution in [0.4, 0.5) is 5.69 Å². The van der Waals surface area contributed by atoms with Crippen LogP contribution >= 0.6 is 0 Å². The van der Waals surface area contributed by atoms with Crippen LogP contribution in [-0.2, 0) is 5.41 Å². The summed E-state index contributed by atoms with van der Waals surface area (Å²) in [6.45, 7) is 5.18. The second-order valence-corrected chi connectivity index (χ2v) is 7.64. The van der Waals surface area contributed by atoms with Crippen LogP contribution in [0.2, 0.25) is 0 Å². The summed E-state index contributed by atoms with van der Waals surface area (Å²) in [6.07, 6.45) is 0. The highest BCUT2D eigenvalue weighted by Crippen LogP contribution is 2.53. The molecule has 2 unspecified atom stereocenters. The van der Waals surface area contributed by atoms with Gasteiger partial charge in [0.1, 0.15) is 0 Å². The van der Waals surface area contributed by atoms with Gasteiger partial charge in [-0.3, -0.25) is 0 Å². The van der Waals surface area contributed by atoms with Crippen LogP contribution in [0.25, 0.3) is 11.4 Å². The number of hydrogen-bond acceptors (Lipinski definition) is 6. The lowest BCUT2D eigenvalue weighted by Crippen LogP contribution is -2.46. The van der Waals surface area contributed by atoms with Crippen molar-refractivity contribution >= 4 is 5.69 Å². The van der Waals surface area contributed by atoms with Crippen LogP contribution in [-0.4, -0.2) is 34.3 Å². The fraction of sp³-hybridized carbons (Fsp3) is 0.350. The first-order valence-electron chi connectivity index (χ1n) is 9.04. The number of anilines is 1. The topological polar surface area (TPSA) is 85.0 Å². The summed E-state index contributed by atoms with van der Waals surface area (Å²) in [5, 5.41) is 18.1. The molecule has 2 aliphatic rings. The number of nitrogens with one attached hydrogen (secondary N) is 2. The van der Waals surface area contributed by atoms with Crippen LogP contribution < -0.4 is 14.8 Å². The number of hydrogen-bond donors (Lipinski definition) is 2. The molecule has 1 aromatic heterocycles. The lowest BCUT2D eigenvalue weighted by molar-refractivity contribution is 0.131. The molecule has 0 fully saturated rings. The molecular formula is C20H21N5O2. The number of fused-ring (bicyclic) bond motifs is 4. The molecule has 0 radical (unpaired) electrons. The van der Waals surface area contributed by atoms with Crippen LogP contribution in [0.5, 0.6) is 11.5 Å². The van der Waals surface area contributed by atoms with Crippen LogP contribution in [0.15, 0.2) is 36.4 Å². The van der Waals surface area contributed by atoms with E-state index in [1.54, 1.807) is 7.11 Å². The number of aromatic nitrogens is 4. The minimum absolute atomic E-state index is 0.0915. The average molecular weight is 363 g/mol. The summed E-state index contributed by atoms with van der Waals surface area (Å²) in [5.74, 6) is 2.51. The van der Waals surface area contributed by atoms with Gasteiger partial charge in [-0.1, -0.05) is 26.0 Å². The lowest BCUT2D eigenvalue weighted by atomic mass is 9.65. The molecule has 2 N–H and O–H groups in total. The van der Waals surface area contributed by atoms with Crippen LogP contribution in [0.3, 0.4) is 0 Å². The van der Waals surface area contributed by atoms with E-state index in [4.69, 9.17) is 9.47 Å². The lowest BCUT2D eigenvalue weighted by Gasteiger charge is -2.48. The monoisotopic (exact) mass is 363 g/mol. The standard InChI is InChI=1S/C20H21N5O2/c1-20(2)13-9-11(19-22-24-25-23-19)7-8-15(13)21-17-12-5-4-6-16(26-3)18(12)27-10-14(17)20/h4-9,14,17,21H,10H2,1-3H3,(H,22,23,24,25). The van der Waals surface area contributed by atoms with Gasteiger partial charge < -0.3 is 14.8 Å². The van der Waals surface area contributed by atoms with Crippen LogP contribution in [0.1, 0.15) is 31.0 Å². The molecule has 3 heterocycles. The number of ether oxygens (including phenoxy) is 2. The molecule has 7 nitrogen and oxygen atoms in total.